The van der Waals surface area contributed by atoms with Crippen molar-refractivity contribution in [2.24, 2.45) is 5.73 Å². The minimum absolute atomic E-state index is 0.335. The second-order valence-electron chi connectivity index (χ2n) is 3.90. The molecule has 2 rings (SSSR count). The fourth-order valence-corrected chi connectivity index (χ4v) is 2.87. The molecule has 2 N–H and O–H groups in total. The number of primary amides is 1. The third-order valence-corrected chi connectivity index (χ3v) is 4.08. The van der Waals surface area contributed by atoms with Crippen LogP contribution in [0.1, 0.15) is 21.7 Å². The van der Waals surface area contributed by atoms with Crippen LogP contribution in [0, 0.1) is 6.92 Å². The van der Waals surface area contributed by atoms with E-state index in [1.54, 1.807) is 31.2 Å². The van der Waals surface area contributed by atoms with Crippen LogP contribution in [0.5, 0.6) is 0 Å². The summed E-state index contributed by atoms with van der Waals surface area (Å²) in [5.74, 6) is 0.503. The number of nitrogens with two attached hydrogens (primary N) is 1. The molecule has 1 aromatic heterocycles. The number of furan rings is 1. The molecule has 4 nitrogen and oxygen atoms in total. The van der Waals surface area contributed by atoms with E-state index in [0.29, 0.717) is 22.0 Å². The van der Waals surface area contributed by atoms with Gasteiger partial charge in [-0.1, -0.05) is 12.1 Å². The zero-order valence-electron chi connectivity index (χ0n) is 9.88. The van der Waals surface area contributed by atoms with E-state index in [0.717, 1.165) is 5.56 Å². The quantitative estimate of drug-likeness (QED) is 0.916. The van der Waals surface area contributed by atoms with Crippen LogP contribution >= 0.6 is 0 Å². The number of carbonyl (C=O) groups excluding carboxylic acids is 1. The van der Waals surface area contributed by atoms with Crippen molar-refractivity contribution >= 4 is 16.7 Å². The first-order valence-corrected chi connectivity index (χ1v) is 6.71. The van der Waals surface area contributed by atoms with Crippen molar-refractivity contribution in [3.8, 4) is 0 Å². The summed E-state index contributed by atoms with van der Waals surface area (Å²) in [6, 6.07) is 8.55. The van der Waals surface area contributed by atoms with Gasteiger partial charge in [-0.15, -0.1) is 0 Å². The molecule has 5 heteroatoms. The topological polar surface area (TPSA) is 73.3 Å². The average Bonchev–Trinajstić information content (AvgIpc) is 2.76. The van der Waals surface area contributed by atoms with Gasteiger partial charge >= 0.3 is 0 Å². The molecule has 94 valence electrons. The summed E-state index contributed by atoms with van der Waals surface area (Å²) in [6.07, 6.45) is 1.52. The highest BCUT2D eigenvalue weighted by molar-refractivity contribution is 7.84. The van der Waals surface area contributed by atoms with Gasteiger partial charge in [0.25, 0.3) is 0 Å². The number of carbonyl (C=O) groups is 1. The highest BCUT2D eigenvalue weighted by Gasteiger charge is 2.11. The number of benzene rings is 1. The summed E-state index contributed by atoms with van der Waals surface area (Å²) in [7, 11) is -1.18. The fourth-order valence-electron chi connectivity index (χ4n) is 1.65. The molecule has 1 amide bonds. The van der Waals surface area contributed by atoms with Gasteiger partial charge in [0.1, 0.15) is 5.76 Å². The molecule has 0 saturated carbocycles. The largest absolute Gasteiger partial charge is 0.468 e. The Labute approximate surface area is 107 Å². The van der Waals surface area contributed by atoms with Crippen molar-refractivity contribution in [2.75, 3.05) is 0 Å². The minimum Gasteiger partial charge on any atom is -0.468 e. The molecule has 1 aromatic carbocycles. The zero-order valence-corrected chi connectivity index (χ0v) is 10.7. The monoisotopic (exact) mass is 263 g/mol. The maximum absolute atomic E-state index is 12.1. The predicted molar refractivity (Wildman–Crippen MR) is 68.5 cm³/mol. The number of hydrogen-bond acceptors (Lipinski definition) is 3. The first-order chi connectivity index (χ1) is 8.58. The van der Waals surface area contributed by atoms with Crippen LogP contribution < -0.4 is 5.73 Å². The van der Waals surface area contributed by atoms with E-state index in [9.17, 15) is 9.00 Å². The van der Waals surface area contributed by atoms with Crippen LogP contribution in [0.25, 0.3) is 0 Å². The molecule has 0 bridgehead atoms. The Balaban J connectivity index is 2.20. The Morgan fingerprint density at radius 3 is 2.78 bits per heavy atom. The van der Waals surface area contributed by atoms with Crippen molar-refractivity contribution in [2.45, 2.75) is 17.6 Å². The number of rotatable bonds is 4. The molecule has 18 heavy (non-hydrogen) atoms. The molecular weight excluding hydrogens is 250 g/mol. The third-order valence-electron chi connectivity index (χ3n) is 2.57. The van der Waals surface area contributed by atoms with E-state index in [1.165, 1.54) is 6.26 Å². The molecule has 0 fully saturated rings. The van der Waals surface area contributed by atoms with Crippen LogP contribution in [0.4, 0.5) is 0 Å². The highest BCUT2D eigenvalue weighted by atomic mass is 32.2. The second kappa shape index (κ2) is 5.18. The van der Waals surface area contributed by atoms with Crippen molar-refractivity contribution in [3.63, 3.8) is 0 Å². The summed E-state index contributed by atoms with van der Waals surface area (Å²) in [4.78, 5) is 11.7. The molecule has 0 unspecified atom stereocenters. The number of amides is 1. The van der Waals surface area contributed by atoms with Crippen LogP contribution in [-0.4, -0.2) is 10.1 Å². The van der Waals surface area contributed by atoms with Gasteiger partial charge in [0.2, 0.25) is 5.91 Å². The van der Waals surface area contributed by atoms with Crippen molar-refractivity contribution in [3.05, 3.63) is 53.5 Å². The summed E-state index contributed by atoms with van der Waals surface area (Å²) in [5.41, 5.74) is 6.44. The minimum atomic E-state index is -1.18. The van der Waals surface area contributed by atoms with E-state index >= 15 is 0 Å². The van der Waals surface area contributed by atoms with Crippen molar-refractivity contribution in [1.29, 1.82) is 0 Å². The molecule has 0 spiro atoms. The maximum atomic E-state index is 12.1. The van der Waals surface area contributed by atoms with Gasteiger partial charge < -0.3 is 10.2 Å². The van der Waals surface area contributed by atoms with Crippen molar-refractivity contribution in [1.82, 2.24) is 0 Å². The van der Waals surface area contributed by atoms with Crippen LogP contribution in [0.15, 0.2) is 45.9 Å². The summed E-state index contributed by atoms with van der Waals surface area (Å²) >= 11 is 0. The first-order valence-electron chi connectivity index (χ1n) is 5.39. The highest BCUT2D eigenvalue weighted by Crippen LogP contribution is 2.17. The lowest BCUT2D eigenvalue weighted by atomic mass is 10.1. The normalized spacial score (nSPS) is 12.3. The maximum Gasteiger partial charge on any atom is 0.248 e. The molecular formula is C13H13NO3S. The SMILES string of the molecule is Cc1occc1[S@@](=O)Cc1cccc(C(N)=O)c1. The van der Waals surface area contributed by atoms with E-state index in [2.05, 4.69) is 0 Å². The van der Waals surface area contributed by atoms with Crippen LogP contribution in [0.3, 0.4) is 0 Å². The van der Waals surface area contributed by atoms with Gasteiger partial charge in [-0.05, 0) is 30.7 Å². The van der Waals surface area contributed by atoms with Gasteiger partial charge in [0.15, 0.2) is 0 Å². The van der Waals surface area contributed by atoms with E-state index < -0.39 is 16.7 Å². The van der Waals surface area contributed by atoms with Crippen LogP contribution in [-0.2, 0) is 16.6 Å². The van der Waals surface area contributed by atoms with Gasteiger partial charge in [0, 0.05) is 5.56 Å². The number of aryl methyl sites for hydroxylation is 1. The Hall–Kier alpha value is -1.88. The molecule has 0 saturated heterocycles. The summed E-state index contributed by atoms with van der Waals surface area (Å²) in [5, 5.41) is 0. The molecule has 1 atom stereocenters. The first kappa shape index (κ1) is 12.6. The lowest BCUT2D eigenvalue weighted by Gasteiger charge is -2.03. The van der Waals surface area contributed by atoms with Gasteiger partial charge in [-0.25, -0.2) is 0 Å². The summed E-state index contributed by atoms with van der Waals surface area (Å²) in [6.45, 7) is 1.77. The van der Waals surface area contributed by atoms with E-state index in [1.807, 2.05) is 6.07 Å². The van der Waals surface area contributed by atoms with Gasteiger partial charge in [0.05, 0.1) is 27.7 Å². The predicted octanol–water partition coefficient (Wildman–Crippen LogP) is 1.99. The van der Waals surface area contributed by atoms with Crippen molar-refractivity contribution < 1.29 is 13.4 Å². The Morgan fingerprint density at radius 2 is 2.17 bits per heavy atom. The van der Waals surface area contributed by atoms with E-state index in [4.69, 9.17) is 10.2 Å². The summed E-state index contributed by atoms with van der Waals surface area (Å²) < 4.78 is 17.2. The molecule has 2 aromatic rings. The van der Waals surface area contributed by atoms with E-state index in [-0.39, 0.29) is 0 Å². The fraction of sp³-hybridized carbons (Fsp3) is 0.154. The zero-order chi connectivity index (χ0) is 13.1. The Bertz CT molecular complexity index is 604. The Kier molecular flexibility index (Phi) is 3.62. The molecule has 0 aliphatic heterocycles. The molecule has 0 aliphatic rings. The number of hydrogen-bond donors (Lipinski definition) is 1. The smallest absolute Gasteiger partial charge is 0.248 e. The van der Waals surface area contributed by atoms with Gasteiger partial charge in [-0.2, -0.15) is 0 Å². The molecule has 1 heterocycles. The average molecular weight is 263 g/mol. The second-order valence-corrected chi connectivity index (χ2v) is 5.32. The lowest BCUT2D eigenvalue weighted by molar-refractivity contribution is 0.1000. The molecule has 0 radical (unpaired) electrons. The molecule has 0 aliphatic carbocycles. The standard InChI is InChI=1S/C13H13NO3S/c1-9-12(5-6-17-9)18(16)8-10-3-2-4-11(7-10)13(14)15/h2-7H,8H2,1H3,(H2,14,15)/t18-/m0/s1. The third kappa shape index (κ3) is 2.68. The van der Waals surface area contributed by atoms with Gasteiger partial charge in [-0.3, -0.25) is 9.00 Å². The lowest BCUT2D eigenvalue weighted by Crippen LogP contribution is -2.11. The Morgan fingerprint density at radius 1 is 1.39 bits per heavy atom. The van der Waals surface area contributed by atoms with Crippen LogP contribution in [0.2, 0.25) is 0 Å².